The van der Waals surface area contributed by atoms with Crippen LogP contribution >= 0.6 is 0 Å². The average molecular weight is 110 g/mol. The fraction of sp³-hybridized carbons (Fsp3) is 0.571. The van der Waals surface area contributed by atoms with Crippen molar-refractivity contribution in [3.8, 4) is 0 Å². The maximum Gasteiger partial charge on any atom is 0.132 e. The molecule has 0 saturated heterocycles. The van der Waals surface area contributed by atoms with Gasteiger partial charge in [0.15, 0.2) is 0 Å². The fourth-order valence-electron chi connectivity index (χ4n) is 0.657. The minimum Gasteiger partial charge on any atom is -0.365 e. The summed E-state index contributed by atoms with van der Waals surface area (Å²) in [5.74, 6) is 0. The summed E-state index contributed by atoms with van der Waals surface area (Å²) >= 11 is 0. The highest BCUT2D eigenvalue weighted by atomic mass is 16.5. The molecule has 1 aliphatic heterocycles. The molecule has 8 heavy (non-hydrogen) atoms. The minimum atomic E-state index is 0.708. The van der Waals surface area contributed by atoms with Crippen LogP contribution in [-0.2, 0) is 4.74 Å². The third-order valence-corrected chi connectivity index (χ3v) is 1.10. The predicted octanol–water partition coefficient (Wildman–Crippen LogP) is 1.78. The van der Waals surface area contributed by atoms with E-state index in [-0.39, 0.29) is 0 Å². The maximum absolute atomic E-state index is 4.94. The van der Waals surface area contributed by atoms with Crippen LogP contribution in [0.4, 0.5) is 0 Å². The summed E-state index contributed by atoms with van der Waals surface area (Å²) in [6.07, 6.45) is 7.52. The Labute approximate surface area is 50.3 Å². The van der Waals surface area contributed by atoms with E-state index in [9.17, 15) is 0 Å². The second kappa shape index (κ2) is 3.67. The summed E-state index contributed by atoms with van der Waals surface area (Å²) in [7, 11) is 0. The first-order valence-corrected chi connectivity index (χ1v) is 3.00. The summed E-state index contributed by atoms with van der Waals surface area (Å²) in [6.45, 7) is 3.54. The van der Waals surface area contributed by atoms with E-state index < -0.39 is 0 Å². The highest BCUT2D eigenvalue weighted by molar-refractivity contribution is 4.83. The van der Waals surface area contributed by atoms with Crippen LogP contribution in [0.2, 0.25) is 0 Å². The molecule has 0 N–H and O–H groups in total. The van der Waals surface area contributed by atoms with Crippen molar-refractivity contribution in [1.82, 2.24) is 0 Å². The lowest BCUT2D eigenvalue weighted by Gasteiger charge is -2.00. The Hall–Kier alpha value is -0.300. The van der Waals surface area contributed by atoms with Crippen LogP contribution < -0.4 is 0 Å². The van der Waals surface area contributed by atoms with Crippen molar-refractivity contribution in [2.24, 2.45) is 0 Å². The van der Waals surface area contributed by atoms with E-state index in [0.29, 0.717) is 6.61 Å². The van der Waals surface area contributed by atoms with Gasteiger partial charge in [0.1, 0.15) is 6.61 Å². The summed E-state index contributed by atoms with van der Waals surface area (Å²) in [5.41, 5.74) is 0. The molecule has 0 aromatic carbocycles. The predicted molar refractivity (Wildman–Crippen MR) is 32.2 cm³/mol. The van der Waals surface area contributed by atoms with Crippen LogP contribution in [0.25, 0.3) is 0 Å². The molecule has 0 saturated carbocycles. The molecule has 1 heteroatoms. The lowest BCUT2D eigenvalue weighted by atomic mass is 10.2. The zero-order valence-corrected chi connectivity index (χ0v) is 4.89. The molecule has 2 radical (unpaired) electrons. The van der Waals surface area contributed by atoms with E-state index in [2.05, 4.69) is 12.7 Å². The first kappa shape index (κ1) is 5.83. The van der Waals surface area contributed by atoms with Gasteiger partial charge in [0, 0.05) is 0 Å². The highest BCUT2D eigenvalue weighted by Gasteiger charge is 1.91. The van der Waals surface area contributed by atoms with Gasteiger partial charge in [-0.15, -0.1) is 0 Å². The van der Waals surface area contributed by atoms with Crippen molar-refractivity contribution in [1.29, 1.82) is 0 Å². The Kier molecular flexibility index (Phi) is 2.68. The second-order valence-electron chi connectivity index (χ2n) is 1.82. The monoisotopic (exact) mass is 110 g/mol. The topological polar surface area (TPSA) is 9.23 Å². The van der Waals surface area contributed by atoms with Gasteiger partial charge in [-0.25, -0.2) is 0 Å². The van der Waals surface area contributed by atoms with Crippen LogP contribution in [0.15, 0.2) is 12.2 Å². The van der Waals surface area contributed by atoms with Crippen molar-refractivity contribution in [2.45, 2.75) is 19.3 Å². The van der Waals surface area contributed by atoms with Gasteiger partial charge in [0.2, 0.25) is 0 Å². The summed E-state index contributed by atoms with van der Waals surface area (Å²) in [6, 6.07) is 0. The zero-order valence-electron chi connectivity index (χ0n) is 4.89. The van der Waals surface area contributed by atoms with Crippen LogP contribution in [0.5, 0.6) is 0 Å². The molecule has 1 nitrogen and oxygen atoms in total. The first-order chi connectivity index (χ1) is 4.00. The Morgan fingerprint density at radius 3 is 3.38 bits per heavy atom. The lowest BCUT2D eigenvalue weighted by Crippen LogP contribution is -1.90. The van der Waals surface area contributed by atoms with Crippen molar-refractivity contribution in [3.05, 3.63) is 18.8 Å². The number of ether oxygens (including phenoxy) is 1. The van der Waals surface area contributed by atoms with Gasteiger partial charge < -0.3 is 4.74 Å². The van der Waals surface area contributed by atoms with E-state index in [1.54, 1.807) is 0 Å². The van der Waals surface area contributed by atoms with Gasteiger partial charge in [-0.3, -0.25) is 0 Å². The zero-order chi connectivity index (χ0) is 5.66. The second-order valence-corrected chi connectivity index (χ2v) is 1.82. The Morgan fingerprint density at radius 2 is 2.38 bits per heavy atom. The van der Waals surface area contributed by atoms with Gasteiger partial charge in [-0.1, -0.05) is 12.2 Å². The van der Waals surface area contributed by atoms with Crippen LogP contribution in [-0.4, -0.2) is 6.61 Å². The Morgan fingerprint density at radius 1 is 1.38 bits per heavy atom. The molecule has 0 amide bonds. The number of rotatable bonds is 0. The van der Waals surface area contributed by atoms with E-state index in [0.717, 1.165) is 6.42 Å². The normalized spacial score (nSPS) is 26.0. The molecule has 0 atom stereocenters. The lowest BCUT2D eigenvalue weighted by molar-refractivity contribution is 0.220. The van der Waals surface area contributed by atoms with E-state index >= 15 is 0 Å². The molecule has 0 spiro atoms. The molecule has 44 valence electrons. The molecule has 1 rings (SSSR count). The maximum atomic E-state index is 4.94. The summed E-state index contributed by atoms with van der Waals surface area (Å²) in [5, 5.41) is 0. The minimum absolute atomic E-state index is 0.708. The van der Waals surface area contributed by atoms with E-state index in [1.807, 2.05) is 6.08 Å². The van der Waals surface area contributed by atoms with Gasteiger partial charge >= 0.3 is 0 Å². The number of hydrogen-bond donors (Lipinski definition) is 0. The van der Waals surface area contributed by atoms with Crippen LogP contribution in [0.1, 0.15) is 19.3 Å². The van der Waals surface area contributed by atoms with E-state index in [4.69, 9.17) is 4.74 Å². The van der Waals surface area contributed by atoms with Crippen molar-refractivity contribution in [3.63, 3.8) is 0 Å². The highest BCUT2D eigenvalue weighted by Crippen LogP contribution is 2.03. The quantitative estimate of drug-likeness (QED) is 0.432. The van der Waals surface area contributed by atoms with Gasteiger partial charge in [0.25, 0.3) is 0 Å². The third kappa shape index (κ3) is 2.12. The van der Waals surface area contributed by atoms with Crippen molar-refractivity contribution in [2.75, 3.05) is 6.61 Å². The molecule has 0 aliphatic carbocycles. The molecule has 1 aliphatic rings. The fourth-order valence-corrected chi connectivity index (χ4v) is 0.657. The molecule has 0 unspecified atom stereocenters. The third-order valence-electron chi connectivity index (χ3n) is 1.10. The Bertz CT molecular complexity index is 66.5. The molecule has 0 bridgehead atoms. The summed E-state index contributed by atoms with van der Waals surface area (Å²) in [4.78, 5) is 0. The molecular weight excluding hydrogens is 100 g/mol. The summed E-state index contributed by atoms with van der Waals surface area (Å²) < 4.78 is 4.94. The molecule has 0 aromatic heterocycles. The number of hydrogen-bond acceptors (Lipinski definition) is 1. The first-order valence-electron chi connectivity index (χ1n) is 3.00. The van der Waals surface area contributed by atoms with Crippen LogP contribution in [0.3, 0.4) is 0 Å². The van der Waals surface area contributed by atoms with Crippen molar-refractivity contribution >= 4 is 0 Å². The van der Waals surface area contributed by atoms with E-state index in [1.165, 1.54) is 12.8 Å². The smallest absolute Gasteiger partial charge is 0.132 e. The van der Waals surface area contributed by atoms with Gasteiger partial charge in [-0.05, 0) is 19.3 Å². The van der Waals surface area contributed by atoms with Crippen molar-refractivity contribution < 1.29 is 4.74 Å². The number of allylic oxidation sites excluding steroid dienone is 1. The van der Waals surface area contributed by atoms with Crippen LogP contribution in [0, 0.1) is 6.61 Å². The average Bonchev–Trinajstić information content (AvgIpc) is 1.62. The molecule has 1 heterocycles. The standard InChI is InChI=1S/C7H10O/c1-2-4-6-8-7-5-3-1/h2,4H,1,3,5-6H2/b4-2-. The Balaban J connectivity index is 2.17. The van der Waals surface area contributed by atoms with Gasteiger partial charge in [-0.2, -0.15) is 0 Å². The van der Waals surface area contributed by atoms with Gasteiger partial charge in [0.05, 0.1) is 6.61 Å². The SMILES string of the molecule is [C]1CCC/C=C\CO1. The molecule has 0 aromatic rings. The molecule has 0 fully saturated rings. The molecular formula is C7H10O. The largest absolute Gasteiger partial charge is 0.365 e.